The average molecular weight is 346 g/mol. The fourth-order valence-corrected chi connectivity index (χ4v) is 3.33. The number of fused-ring (bicyclic) bond motifs is 1. The SMILES string of the molecule is O=C(N[C@@H]1CC(=O)N(Cc2cccc3ccccc23)C1)c1cnccn1. The van der Waals surface area contributed by atoms with Crippen molar-refractivity contribution in [3.8, 4) is 0 Å². The number of hydrogen-bond acceptors (Lipinski definition) is 4. The predicted molar refractivity (Wildman–Crippen MR) is 97.3 cm³/mol. The Balaban J connectivity index is 1.46. The molecule has 6 heteroatoms. The molecule has 0 saturated carbocycles. The highest BCUT2D eigenvalue weighted by Gasteiger charge is 2.31. The van der Waals surface area contributed by atoms with E-state index in [1.807, 2.05) is 24.3 Å². The van der Waals surface area contributed by atoms with Gasteiger partial charge in [-0.2, -0.15) is 0 Å². The van der Waals surface area contributed by atoms with Crippen LogP contribution >= 0.6 is 0 Å². The van der Waals surface area contributed by atoms with Crippen LogP contribution in [0.15, 0.2) is 61.1 Å². The molecule has 130 valence electrons. The molecule has 26 heavy (non-hydrogen) atoms. The van der Waals surface area contributed by atoms with Gasteiger partial charge in [0.2, 0.25) is 5.91 Å². The number of benzene rings is 2. The molecule has 1 saturated heterocycles. The Kier molecular flexibility index (Phi) is 4.31. The number of rotatable bonds is 4. The summed E-state index contributed by atoms with van der Waals surface area (Å²) in [7, 11) is 0. The fourth-order valence-electron chi connectivity index (χ4n) is 3.33. The lowest BCUT2D eigenvalue weighted by Gasteiger charge is -2.18. The lowest BCUT2D eigenvalue weighted by molar-refractivity contribution is -0.128. The molecule has 0 aliphatic carbocycles. The summed E-state index contributed by atoms with van der Waals surface area (Å²) >= 11 is 0. The maximum absolute atomic E-state index is 12.4. The Labute approximate surface area is 150 Å². The normalized spacial score (nSPS) is 16.8. The molecule has 0 spiro atoms. The van der Waals surface area contributed by atoms with Crippen molar-refractivity contribution in [2.45, 2.75) is 19.0 Å². The summed E-state index contributed by atoms with van der Waals surface area (Å²) < 4.78 is 0. The molecular formula is C20H18N4O2. The highest BCUT2D eigenvalue weighted by molar-refractivity contribution is 5.93. The van der Waals surface area contributed by atoms with Gasteiger partial charge in [-0.15, -0.1) is 0 Å². The molecular weight excluding hydrogens is 328 g/mol. The summed E-state index contributed by atoms with van der Waals surface area (Å²) in [6, 6.07) is 14.0. The molecule has 6 nitrogen and oxygen atoms in total. The number of aromatic nitrogens is 2. The summed E-state index contributed by atoms with van der Waals surface area (Å²) in [6.45, 7) is 1.03. The van der Waals surface area contributed by atoms with E-state index in [1.165, 1.54) is 18.6 Å². The second-order valence-electron chi connectivity index (χ2n) is 6.38. The quantitative estimate of drug-likeness (QED) is 0.785. The molecule has 2 amide bonds. The average Bonchev–Trinajstić information content (AvgIpc) is 3.01. The maximum atomic E-state index is 12.4. The smallest absolute Gasteiger partial charge is 0.271 e. The van der Waals surface area contributed by atoms with Crippen molar-refractivity contribution in [2.75, 3.05) is 6.54 Å². The number of nitrogens with one attached hydrogen (secondary N) is 1. The molecule has 0 bridgehead atoms. The number of nitrogens with zero attached hydrogens (tertiary/aromatic N) is 3. The number of hydrogen-bond donors (Lipinski definition) is 1. The third kappa shape index (κ3) is 3.26. The van der Waals surface area contributed by atoms with Crippen molar-refractivity contribution < 1.29 is 9.59 Å². The van der Waals surface area contributed by atoms with Crippen LogP contribution in [-0.4, -0.2) is 39.3 Å². The van der Waals surface area contributed by atoms with Crippen LogP contribution in [0, 0.1) is 0 Å². The summed E-state index contributed by atoms with van der Waals surface area (Å²) in [5.41, 5.74) is 1.37. The van der Waals surface area contributed by atoms with Gasteiger partial charge >= 0.3 is 0 Å². The van der Waals surface area contributed by atoms with E-state index in [1.54, 1.807) is 4.90 Å². The first-order valence-electron chi connectivity index (χ1n) is 8.52. The minimum absolute atomic E-state index is 0.0439. The number of carbonyl (C=O) groups excluding carboxylic acids is 2. The van der Waals surface area contributed by atoms with E-state index in [2.05, 4.69) is 33.5 Å². The van der Waals surface area contributed by atoms with E-state index in [0.29, 0.717) is 19.5 Å². The predicted octanol–water partition coefficient (Wildman–Crippen LogP) is 2.16. The first-order valence-corrected chi connectivity index (χ1v) is 8.52. The van der Waals surface area contributed by atoms with Gasteiger partial charge in [0.15, 0.2) is 0 Å². The van der Waals surface area contributed by atoms with Gasteiger partial charge in [0.1, 0.15) is 5.69 Å². The van der Waals surface area contributed by atoms with E-state index in [0.717, 1.165) is 16.3 Å². The van der Waals surface area contributed by atoms with E-state index < -0.39 is 0 Å². The van der Waals surface area contributed by atoms with Crippen molar-refractivity contribution in [2.24, 2.45) is 0 Å². The van der Waals surface area contributed by atoms with Gasteiger partial charge in [-0.1, -0.05) is 42.5 Å². The second-order valence-corrected chi connectivity index (χ2v) is 6.38. The van der Waals surface area contributed by atoms with Crippen LogP contribution in [0.4, 0.5) is 0 Å². The van der Waals surface area contributed by atoms with Gasteiger partial charge in [-0.05, 0) is 16.3 Å². The minimum Gasteiger partial charge on any atom is -0.346 e. The Morgan fingerprint density at radius 1 is 1.15 bits per heavy atom. The Hall–Kier alpha value is -3.28. The number of amides is 2. The van der Waals surface area contributed by atoms with Crippen molar-refractivity contribution in [3.05, 3.63) is 72.3 Å². The van der Waals surface area contributed by atoms with Crippen molar-refractivity contribution in [1.29, 1.82) is 0 Å². The van der Waals surface area contributed by atoms with Crippen molar-refractivity contribution >= 4 is 22.6 Å². The van der Waals surface area contributed by atoms with Crippen LogP contribution in [0.5, 0.6) is 0 Å². The summed E-state index contributed by atoms with van der Waals surface area (Å²) in [5, 5.41) is 5.18. The lowest BCUT2D eigenvalue weighted by Crippen LogP contribution is -2.37. The first kappa shape index (κ1) is 16.2. The van der Waals surface area contributed by atoms with Gasteiger partial charge in [-0.25, -0.2) is 4.98 Å². The van der Waals surface area contributed by atoms with Crippen LogP contribution in [-0.2, 0) is 11.3 Å². The molecule has 1 aliphatic heterocycles. The Morgan fingerprint density at radius 3 is 2.85 bits per heavy atom. The molecule has 0 unspecified atom stereocenters. The third-order valence-electron chi connectivity index (χ3n) is 4.59. The van der Waals surface area contributed by atoms with Crippen molar-refractivity contribution in [3.63, 3.8) is 0 Å². The third-order valence-corrected chi connectivity index (χ3v) is 4.59. The fraction of sp³-hybridized carbons (Fsp3) is 0.200. The molecule has 1 N–H and O–H groups in total. The monoisotopic (exact) mass is 346 g/mol. The highest BCUT2D eigenvalue weighted by atomic mass is 16.2. The topological polar surface area (TPSA) is 75.2 Å². The van der Waals surface area contributed by atoms with Crippen molar-refractivity contribution in [1.82, 2.24) is 20.2 Å². The summed E-state index contributed by atoms with van der Waals surface area (Å²) in [6.07, 6.45) is 4.71. The second kappa shape index (κ2) is 6.92. The molecule has 1 atom stereocenters. The largest absolute Gasteiger partial charge is 0.346 e. The van der Waals surface area contributed by atoms with Gasteiger partial charge in [0.25, 0.3) is 5.91 Å². The van der Waals surface area contributed by atoms with Crippen LogP contribution in [0.3, 0.4) is 0 Å². The molecule has 4 rings (SSSR count). The van der Waals surface area contributed by atoms with Crippen LogP contribution in [0.1, 0.15) is 22.5 Å². The Bertz CT molecular complexity index is 953. The van der Waals surface area contributed by atoms with Crippen LogP contribution < -0.4 is 5.32 Å². The molecule has 0 radical (unpaired) electrons. The van der Waals surface area contributed by atoms with E-state index >= 15 is 0 Å². The van der Waals surface area contributed by atoms with E-state index in [9.17, 15) is 9.59 Å². The molecule has 1 aliphatic rings. The molecule has 3 aromatic rings. The minimum atomic E-state index is -0.303. The summed E-state index contributed by atoms with van der Waals surface area (Å²) in [4.78, 5) is 34.3. The zero-order valence-electron chi connectivity index (χ0n) is 14.1. The van der Waals surface area contributed by atoms with Gasteiger partial charge < -0.3 is 10.2 Å². The maximum Gasteiger partial charge on any atom is 0.271 e. The molecule has 1 fully saturated rings. The highest BCUT2D eigenvalue weighted by Crippen LogP contribution is 2.22. The summed E-state index contributed by atoms with van der Waals surface area (Å²) in [5.74, 6) is -0.259. The first-order chi connectivity index (χ1) is 12.7. The van der Waals surface area contributed by atoms with E-state index in [-0.39, 0.29) is 23.6 Å². The van der Waals surface area contributed by atoms with E-state index in [4.69, 9.17) is 0 Å². The number of likely N-dealkylation sites (tertiary alicyclic amines) is 1. The van der Waals surface area contributed by atoms with Crippen LogP contribution in [0.25, 0.3) is 10.8 Å². The number of carbonyl (C=O) groups is 2. The standard InChI is InChI=1S/C20H18N4O2/c25-19-10-16(23-20(26)18-11-21-8-9-22-18)13-24(19)12-15-6-3-5-14-4-1-2-7-17(14)15/h1-9,11,16H,10,12-13H2,(H,23,26)/t16-/m1/s1. The van der Waals surface area contributed by atoms with Crippen LogP contribution in [0.2, 0.25) is 0 Å². The van der Waals surface area contributed by atoms with Gasteiger partial charge in [0, 0.05) is 31.9 Å². The molecule has 2 aromatic carbocycles. The van der Waals surface area contributed by atoms with Gasteiger partial charge in [-0.3, -0.25) is 14.6 Å². The molecule has 1 aromatic heterocycles. The zero-order chi connectivity index (χ0) is 17.9. The molecule has 2 heterocycles. The Morgan fingerprint density at radius 2 is 2.00 bits per heavy atom. The zero-order valence-corrected chi connectivity index (χ0v) is 14.1. The van der Waals surface area contributed by atoms with Gasteiger partial charge in [0.05, 0.1) is 12.2 Å². The lowest BCUT2D eigenvalue weighted by atomic mass is 10.0.